The average Bonchev–Trinajstić information content (AvgIpc) is 2.91. The SMILES string of the molecule is CC(C)CCN(C1CCCC1)C1CNCC1C. The van der Waals surface area contributed by atoms with Crippen LogP contribution in [0.15, 0.2) is 0 Å². The molecule has 0 aromatic rings. The average molecular weight is 238 g/mol. The predicted molar refractivity (Wildman–Crippen MR) is 74.2 cm³/mol. The van der Waals surface area contributed by atoms with Crippen molar-refractivity contribution in [2.24, 2.45) is 11.8 Å². The Kier molecular flexibility index (Phi) is 4.87. The summed E-state index contributed by atoms with van der Waals surface area (Å²) in [6.07, 6.45) is 7.16. The van der Waals surface area contributed by atoms with Gasteiger partial charge in [-0.15, -0.1) is 0 Å². The Morgan fingerprint density at radius 2 is 1.88 bits per heavy atom. The predicted octanol–water partition coefficient (Wildman–Crippen LogP) is 2.89. The zero-order valence-corrected chi connectivity index (χ0v) is 11.9. The fraction of sp³-hybridized carbons (Fsp3) is 1.00. The van der Waals surface area contributed by atoms with Crippen LogP contribution in [0.1, 0.15) is 52.9 Å². The van der Waals surface area contributed by atoms with E-state index in [2.05, 4.69) is 31.0 Å². The molecule has 2 rings (SSSR count). The van der Waals surface area contributed by atoms with Crippen molar-refractivity contribution in [3.8, 4) is 0 Å². The van der Waals surface area contributed by atoms with E-state index in [0.717, 1.165) is 23.9 Å². The van der Waals surface area contributed by atoms with Gasteiger partial charge in [0.1, 0.15) is 0 Å². The highest BCUT2D eigenvalue weighted by molar-refractivity contribution is 4.91. The fourth-order valence-corrected chi connectivity index (χ4v) is 3.50. The second-order valence-electron chi connectivity index (χ2n) is 6.56. The number of nitrogens with one attached hydrogen (secondary N) is 1. The molecule has 2 atom stereocenters. The minimum Gasteiger partial charge on any atom is -0.315 e. The van der Waals surface area contributed by atoms with Crippen molar-refractivity contribution in [2.75, 3.05) is 19.6 Å². The lowest BCUT2D eigenvalue weighted by Gasteiger charge is -2.36. The normalized spacial score (nSPS) is 30.9. The molecule has 1 saturated heterocycles. The first-order valence-corrected chi connectivity index (χ1v) is 7.65. The Hall–Kier alpha value is -0.0800. The summed E-state index contributed by atoms with van der Waals surface area (Å²) in [7, 11) is 0. The maximum absolute atomic E-state index is 3.57. The van der Waals surface area contributed by atoms with Crippen LogP contribution < -0.4 is 5.32 Å². The first-order chi connectivity index (χ1) is 8.18. The molecule has 2 unspecified atom stereocenters. The van der Waals surface area contributed by atoms with E-state index in [-0.39, 0.29) is 0 Å². The molecule has 1 aliphatic carbocycles. The summed E-state index contributed by atoms with van der Waals surface area (Å²) in [5.74, 6) is 1.67. The largest absolute Gasteiger partial charge is 0.315 e. The van der Waals surface area contributed by atoms with Crippen LogP contribution in [0.3, 0.4) is 0 Å². The Morgan fingerprint density at radius 1 is 1.18 bits per heavy atom. The number of hydrogen-bond acceptors (Lipinski definition) is 2. The van der Waals surface area contributed by atoms with Gasteiger partial charge in [-0.25, -0.2) is 0 Å². The quantitative estimate of drug-likeness (QED) is 0.792. The first kappa shape index (κ1) is 13.4. The van der Waals surface area contributed by atoms with Gasteiger partial charge < -0.3 is 5.32 Å². The van der Waals surface area contributed by atoms with Crippen LogP contribution >= 0.6 is 0 Å². The summed E-state index contributed by atoms with van der Waals surface area (Å²) in [6.45, 7) is 10.9. The van der Waals surface area contributed by atoms with E-state index in [0.29, 0.717) is 0 Å². The molecule has 0 aromatic heterocycles. The van der Waals surface area contributed by atoms with Crippen molar-refractivity contribution in [2.45, 2.75) is 65.0 Å². The molecule has 2 heteroatoms. The Balaban J connectivity index is 1.95. The van der Waals surface area contributed by atoms with E-state index in [1.165, 1.54) is 51.7 Å². The summed E-state index contributed by atoms with van der Waals surface area (Å²) < 4.78 is 0. The van der Waals surface area contributed by atoms with Crippen molar-refractivity contribution in [1.82, 2.24) is 10.2 Å². The monoisotopic (exact) mass is 238 g/mol. The molecule has 2 fully saturated rings. The molecule has 2 aliphatic rings. The highest BCUT2D eigenvalue weighted by Crippen LogP contribution is 2.29. The van der Waals surface area contributed by atoms with Gasteiger partial charge >= 0.3 is 0 Å². The third-order valence-corrected chi connectivity index (χ3v) is 4.66. The summed E-state index contributed by atoms with van der Waals surface area (Å²) >= 11 is 0. The molecule has 1 saturated carbocycles. The molecule has 0 spiro atoms. The molecule has 0 amide bonds. The second-order valence-corrected chi connectivity index (χ2v) is 6.56. The van der Waals surface area contributed by atoms with Crippen LogP contribution in [0.4, 0.5) is 0 Å². The van der Waals surface area contributed by atoms with Crippen molar-refractivity contribution >= 4 is 0 Å². The third kappa shape index (κ3) is 3.45. The van der Waals surface area contributed by atoms with Gasteiger partial charge in [-0.2, -0.15) is 0 Å². The van der Waals surface area contributed by atoms with E-state index in [4.69, 9.17) is 0 Å². The Bertz CT molecular complexity index is 221. The molecule has 2 nitrogen and oxygen atoms in total. The minimum absolute atomic E-state index is 0.803. The maximum Gasteiger partial charge on any atom is 0.0261 e. The second kappa shape index (κ2) is 6.19. The molecule has 0 aromatic carbocycles. The van der Waals surface area contributed by atoms with Gasteiger partial charge in [-0.3, -0.25) is 4.90 Å². The van der Waals surface area contributed by atoms with Gasteiger partial charge in [0.15, 0.2) is 0 Å². The Morgan fingerprint density at radius 3 is 2.41 bits per heavy atom. The standard InChI is InChI=1S/C15H30N2/c1-12(2)8-9-17(14-6-4-5-7-14)15-11-16-10-13(15)3/h12-16H,4-11H2,1-3H3. The molecule has 0 radical (unpaired) electrons. The smallest absolute Gasteiger partial charge is 0.0261 e. The topological polar surface area (TPSA) is 15.3 Å². The molecular weight excluding hydrogens is 208 g/mol. The van der Waals surface area contributed by atoms with Gasteiger partial charge in [0, 0.05) is 18.6 Å². The van der Waals surface area contributed by atoms with E-state index in [1.807, 2.05) is 0 Å². The zero-order valence-electron chi connectivity index (χ0n) is 11.9. The summed E-state index contributed by atoms with van der Waals surface area (Å²) in [6, 6.07) is 1.69. The van der Waals surface area contributed by atoms with E-state index in [9.17, 15) is 0 Å². The summed E-state index contributed by atoms with van der Waals surface area (Å²) in [4.78, 5) is 2.86. The van der Waals surface area contributed by atoms with Crippen LogP contribution in [0, 0.1) is 11.8 Å². The van der Waals surface area contributed by atoms with Crippen LogP contribution in [-0.2, 0) is 0 Å². The summed E-state index contributed by atoms with van der Waals surface area (Å²) in [5.41, 5.74) is 0. The van der Waals surface area contributed by atoms with Crippen LogP contribution in [0.25, 0.3) is 0 Å². The van der Waals surface area contributed by atoms with E-state index >= 15 is 0 Å². The van der Waals surface area contributed by atoms with E-state index < -0.39 is 0 Å². The Labute approximate surface area is 107 Å². The van der Waals surface area contributed by atoms with Gasteiger partial charge in [-0.05, 0) is 44.2 Å². The van der Waals surface area contributed by atoms with Crippen molar-refractivity contribution in [3.63, 3.8) is 0 Å². The fourth-order valence-electron chi connectivity index (χ4n) is 3.50. The molecule has 0 bridgehead atoms. The summed E-state index contributed by atoms with van der Waals surface area (Å²) in [5, 5.41) is 3.57. The van der Waals surface area contributed by atoms with Crippen LogP contribution in [-0.4, -0.2) is 36.6 Å². The zero-order chi connectivity index (χ0) is 12.3. The number of nitrogens with zero attached hydrogens (tertiary/aromatic N) is 1. The first-order valence-electron chi connectivity index (χ1n) is 7.65. The maximum atomic E-state index is 3.57. The van der Waals surface area contributed by atoms with Gasteiger partial charge in [-0.1, -0.05) is 33.6 Å². The molecule has 100 valence electrons. The van der Waals surface area contributed by atoms with E-state index in [1.54, 1.807) is 0 Å². The lowest BCUT2D eigenvalue weighted by atomic mass is 10.00. The number of hydrogen-bond donors (Lipinski definition) is 1. The molecule has 17 heavy (non-hydrogen) atoms. The van der Waals surface area contributed by atoms with Crippen molar-refractivity contribution < 1.29 is 0 Å². The van der Waals surface area contributed by atoms with Crippen molar-refractivity contribution in [1.29, 1.82) is 0 Å². The van der Waals surface area contributed by atoms with Crippen molar-refractivity contribution in [3.05, 3.63) is 0 Å². The van der Waals surface area contributed by atoms with Crippen LogP contribution in [0.2, 0.25) is 0 Å². The molecular formula is C15H30N2. The number of rotatable bonds is 5. The van der Waals surface area contributed by atoms with Crippen LogP contribution in [0.5, 0.6) is 0 Å². The molecule has 1 heterocycles. The van der Waals surface area contributed by atoms with Gasteiger partial charge in [0.25, 0.3) is 0 Å². The highest BCUT2D eigenvalue weighted by Gasteiger charge is 2.34. The minimum atomic E-state index is 0.803. The van der Waals surface area contributed by atoms with Gasteiger partial charge in [0.05, 0.1) is 0 Å². The lowest BCUT2D eigenvalue weighted by molar-refractivity contribution is 0.115. The molecule has 1 N–H and O–H groups in total. The highest BCUT2D eigenvalue weighted by atomic mass is 15.2. The van der Waals surface area contributed by atoms with Gasteiger partial charge in [0.2, 0.25) is 0 Å². The lowest BCUT2D eigenvalue weighted by Crippen LogP contribution is -2.46. The molecule has 1 aliphatic heterocycles. The third-order valence-electron chi connectivity index (χ3n) is 4.66.